The maximum atomic E-state index is 11.7. The molecule has 4 heteroatoms. The van der Waals surface area contributed by atoms with Gasteiger partial charge in [0, 0.05) is 43.7 Å². The van der Waals surface area contributed by atoms with Crippen LogP contribution in [0.4, 0.5) is 0 Å². The van der Waals surface area contributed by atoms with Crippen molar-refractivity contribution in [2.24, 2.45) is 5.92 Å². The summed E-state index contributed by atoms with van der Waals surface area (Å²) in [6.07, 6.45) is 4.74. The number of amides is 1. The molecular weight excluding hydrogens is 274 g/mol. The smallest absolute Gasteiger partial charge is 0.220 e. The maximum Gasteiger partial charge on any atom is 0.220 e. The Labute approximate surface area is 130 Å². The fourth-order valence-electron chi connectivity index (χ4n) is 3.89. The van der Waals surface area contributed by atoms with Crippen molar-refractivity contribution in [3.8, 4) is 0 Å². The Morgan fingerprint density at radius 1 is 1.23 bits per heavy atom. The Morgan fingerprint density at radius 3 is 3.09 bits per heavy atom. The molecule has 2 fully saturated rings. The maximum absolute atomic E-state index is 11.7. The van der Waals surface area contributed by atoms with E-state index in [1.54, 1.807) is 0 Å². The van der Waals surface area contributed by atoms with E-state index in [1.807, 2.05) is 12.3 Å². The Balaban J connectivity index is 1.53. The molecule has 3 heterocycles. The van der Waals surface area contributed by atoms with Gasteiger partial charge in [0.25, 0.3) is 0 Å². The number of hydrogen-bond donors (Lipinski definition) is 1. The standard InChI is InChI=1S/C18H21N3O/c22-17-8-2-5-14-10-21(12-16(14)20-17)11-15-6-1-4-13-7-3-9-19-18(13)15/h1,3-4,6-7,9,14,16H,2,5,8,10-12H2,(H,20,22)/t14-,16+/m1/s1. The zero-order chi connectivity index (χ0) is 14.9. The van der Waals surface area contributed by atoms with Crippen molar-refractivity contribution in [2.75, 3.05) is 13.1 Å². The number of likely N-dealkylation sites (tertiary alicyclic amines) is 1. The van der Waals surface area contributed by atoms with Gasteiger partial charge in [-0.2, -0.15) is 0 Å². The fraction of sp³-hybridized carbons (Fsp3) is 0.444. The summed E-state index contributed by atoms with van der Waals surface area (Å²) in [7, 11) is 0. The molecule has 22 heavy (non-hydrogen) atoms. The second-order valence-corrected chi connectivity index (χ2v) is 6.51. The first-order valence-corrected chi connectivity index (χ1v) is 8.14. The molecule has 2 saturated heterocycles. The Bertz CT molecular complexity index is 694. The van der Waals surface area contributed by atoms with Gasteiger partial charge in [0.15, 0.2) is 0 Å². The highest BCUT2D eigenvalue weighted by Gasteiger charge is 2.35. The van der Waals surface area contributed by atoms with E-state index >= 15 is 0 Å². The number of aromatic nitrogens is 1. The number of hydrogen-bond acceptors (Lipinski definition) is 3. The van der Waals surface area contributed by atoms with Gasteiger partial charge in [0.2, 0.25) is 5.91 Å². The topological polar surface area (TPSA) is 45.2 Å². The average Bonchev–Trinajstić information content (AvgIpc) is 2.80. The summed E-state index contributed by atoms with van der Waals surface area (Å²) in [6, 6.07) is 10.8. The van der Waals surface area contributed by atoms with E-state index in [1.165, 1.54) is 10.9 Å². The van der Waals surface area contributed by atoms with E-state index in [0.717, 1.165) is 38.0 Å². The lowest BCUT2D eigenvalue weighted by atomic mass is 9.99. The monoisotopic (exact) mass is 295 g/mol. The largest absolute Gasteiger partial charge is 0.352 e. The zero-order valence-electron chi connectivity index (χ0n) is 12.7. The SMILES string of the molecule is O=C1CCC[C@@H]2CN(Cc3cccc4cccnc34)C[C@@H]2N1. The normalized spacial score (nSPS) is 25.7. The minimum atomic E-state index is 0.223. The number of benzene rings is 1. The van der Waals surface area contributed by atoms with Crippen molar-refractivity contribution in [2.45, 2.75) is 31.8 Å². The second kappa shape index (κ2) is 5.69. The average molecular weight is 295 g/mol. The summed E-state index contributed by atoms with van der Waals surface area (Å²) in [5.74, 6) is 0.829. The van der Waals surface area contributed by atoms with Crippen molar-refractivity contribution >= 4 is 16.8 Å². The van der Waals surface area contributed by atoms with Crippen LogP contribution in [0.1, 0.15) is 24.8 Å². The summed E-state index contributed by atoms with van der Waals surface area (Å²) < 4.78 is 0. The summed E-state index contributed by atoms with van der Waals surface area (Å²) in [5.41, 5.74) is 2.38. The number of para-hydroxylation sites is 1. The highest BCUT2D eigenvalue weighted by molar-refractivity contribution is 5.81. The minimum Gasteiger partial charge on any atom is -0.352 e. The third-order valence-electron chi connectivity index (χ3n) is 4.95. The van der Waals surface area contributed by atoms with Crippen LogP contribution in [0.5, 0.6) is 0 Å². The van der Waals surface area contributed by atoms with Crippen molar-refractivity contribution < 1.29 is 4.79 Å². The number of rotatable bonds is 2. The number of nitrogens with one attached hydrogen (secondary N) is 1. The first kappa shape index (κ1) is 13.7. The molecule has 1 N–H and O–H groups in total. The molecule has 0 unspecified atom stereocenters. The first-order chi connectivity index (χ1) is 10.8. The minimum absolute atomic E-state index is 0.223. The van der Waals surface area contributed by atoms with Gasteiger partial charge in [0.1, 0.15) is 0 Å². The number of carbonyl (C=O) groups excluding carboxylic acids is 1. The molecule has 1 amide bonds. The van der Waals surface area contributed by atoms with Gasteiger partial charge in [-0.05, 0) is 30.4 Å². The van der Waals surface area contributed by atoms with Gasteiger partial charge in [0.05, 0.1) is 5.52 Å². The van der Waals surface area contributed by atoms with Crippen molar-refractivity contribution in [1.29, 1.82) is 0 Å². The van der Waals surface area contributed by atoms with Gasteiger partial charge in [-0.25, -0.2) is 0 Å². The van der Waals surface area contributed by atoms with Crippen LogP contribution in [-0.4, -0.2) is 34.9 Å². The molecule has 4 nitrogen and oxygen atoms in total. The van der Waals surface area contributed by atoms with Crippen LogP contribution in [-0.2, 0) is 11.3 Å². The van der Waals surface area contributed by atoms with Crippen LogP contribution < -0.4 is 5.32 Å². The highest BCUT2D eigenvalue weighted by atomic mass is 16.1. The molecule has 2 aliphatic rings. The molecule has 4 rings (SSSR count). The Morgan fingerprint density at radius 2 is 2.14 bits per heavy atom. The van der Waals surface area contributed by atoms with E-state index < -0.39 is 0 Å². The van der Waals surface area contributed by atoms with E-state index in [2.05, 4.69) is 39.5 Å². The van der Waals surface area contributed by atoms with Crippen LogP contribution in [0.3, 0.4) is 0 Å². The predicted octanol–water partition coefficient (Wildman–Crippen LogP) is 2.34. The van der Waals surface area contributed by atoms with Crippen LogP contribution >= 0.6 is 0 Å². The van der Waals surface area contributed by atoms with Crippen molar-refractivity contribution in [3.63, 3.8) is 0 Å². The zero-order valence-corrected chi connectivity index (χ0v) is 12.7. The molecule has 0 aliphatic carbocycles. The van der Waals surface area contributed by atoms with E-state index in [4.69, 9.17) is 0 Å². The van der Waals surface area contributed by atoms with Crippen LogP contribution in [0.15, 0.2) is 36.5 Å². The lowest BCUT2D eigenvalue weighted by Gasteiger charge is -2.17. The Hall–Kier alpha value is -1.94. The van der Waals surface area contributed by atoms with Gasteiger partial charge in [-0.3, -0.25) is 14.7 Å². The summed E-state index contributed by atoms with van der Waals surface area (Å²) in [6.45, 7) is 2.95. The van der Waals surface area contributed by atoms with Crippen molar-refractivity contribution in [1.82, 2.24) is 15.2 Å². The van der Waals surface area contributed by atoms with Crippen LogP contribution in [0.25, 0.3) is 10.9 Å². The number of carbonyl (C=O) groups is 1. The molecule has 2 aliphatic heterocycles. The molecule has 0 saturated carbocycles. The van der Waals surface area contributed by atoms with E-state index in [0.29, 0.717) is 18.4 Å². The number of nitrogens with zero attached hydrogens (tertiary/aromatic N) is 2. The molecule has 114 valence electrons. The van der Waals surface area contributed by atoms with Gasteiger partial charge in [-0.15, -0.1) is 0 Å². The second-order valence-electron chi connectivity index (χ2n) is 6.51. The highest BCUT2D eigenvalue weighted by Crippen LogP contribution is 2.27. The lowest BCUT2D eigenvalue weighted by molar-refractivity contribution is -0.121. The quantitative estimate of drug-likeness (QED) is 0.925. The number of fused-ring (bicyclic) bond motifs is 2. The molecule has 1 aromatic heterocycles. The molecule has 2 atom stereocenters. The first-order valence-electron chi connectivity index (χ1n) is 8.14. The Kier molecular flexibility index (Phi) is 3.54. The fourth-order valence-corrected chi connectivity index (χ4v) is 3.89. The lowest BCUT2D eigenvalue weighted by Crippen LogP contribution is -2.38. The van der Waals surface area contributed by atoms with E-state index in [-0.39, 0.29) is 5.91 Å². The molecular formula is C18H21N3O. The van der Waals surface area contributed by atoms with Crippen molar-refractivity contribution in [3.05, 3.63) is 42.1 Å². The third kappa shape index (κ3) is 2.59. The van der Waals surface area contributed by atoms with Crippen LogP contribution in [0.2, 0.25) is 0 Å². The number of pyridine rings is 1. The van der Waals surface area contributed by atoms with Crippen LogP contribution in [0, 0.1) is 5.92 Å². The summed E-state index contributed by atoms with van der Waals surface area (Å²) in [5, 5.41) is 4.39. The van der Waals surface area contributed by atoms with E-state index in [9.17, 15) is 4.79 Å². The molecule has 0 bridgehead atoms. The van der Waals surface area contributed by atoms with Gasteiger partial charge in [-0.1, -0.05) is 24.3 Å². The predicted molar refractivity (Wildman–Crippen MR) is 86.3 cm³/mol. The summed E-state index contributed by atoms with van der Waals surface area (Å²) >= 11 is 0. The van der Waals surface area contributed by atoms with Gasteiger partial charge < -0.3 is 5.32 Å². The molecule has 0 spiro atoms. The third-order valence-corrected chi connectivity index (χ3v) is 4.95. The summed E-state index contributed by atoms with van der Waals surface area (Å²) in [4.78, 5) is 18.7. The molecule has 1 aromatic carbocycles. The molecule has 2 aromatic rings. The van der Waals surface area contributed by atoms with Gasteiger partial charge >= 0.3 is 0 Å². The molecule has 0 radical (unpaired) electrons.